The van der Waals surface area contributed by atoms with Crippen molar-refractivity contribution in [2.24, 2.45) is 0 Å². The molecule has 0 amide bonds. The molecule has 3 aromatic heterocycles. The van der Waals surface area contributed by atoms with Crippen molar-refractivity contribution in [1.82, 2.24) is 24.9 Å². The molecule has 7 aromatic rings. The van der Waals surface area contributed by atoms with Gasteiger partial charge in [0.15, 0.2) is 17.5 Å². The molecular weight excluding hydrogens is 482 g/mol. The third kappa shape index (κ3) is 3.46. The van der Waals surface area contributed by atoms with Crippen molar-refractivity contribution in [2.75, 3.05) is 0 Å². The van der Waals surface area contributed by atoms with Gasteiger partial charge in [0.1, 0.15) is 5.75 Å². The zero-order valence-electron chi connectivity index (χ0n) is 20.6. The minimum absolute atomic E-state index is 0.524. The van der Waals surface area contributed by atoms with Crippen molar-refractivity contribution < 1.29 is 4.74 Å². The van der Waals surface area contributed by atoms with E-state index >= 15 is 0 Å². The van der Waals surface area contributed by atoms with Gasteiger partial charge in [-0.25, -0.2) is 19.9 Å². The summed E-state index contributed by atoms with van der Waals surface area (Å²) in [4.78, 5) is 24.3. The Kier molecular flexibility index (Phi) is 4.72. The maximum absolute atomic E-state index is 6.58. The Balaban J connectivity index is 1.38. The maximum Gasteiger partial charge on any atom is 0.230 e. The van der Waals surface area contributed by atoms with Gasteiger partial charge in [-0.15, -0.1) is 0 Å². The smallest absolute Gasteiger partial charge is 0.230 e. The second-order valence-corrected chi connectivity index (χ2v) is 9.34. The predicted molar refractivity (Wildman–Crippen MR) is 152 cm³/mol. The van der Waals surface area contributed by atoms with Gasteiger partial charge >= 0.3 is 0 Å². The average Bonchev–Trinajstić information content (AvgIpc) is 3.01. The van der Waals surface area contributed by atoms with Gasteiger partial charge in [0.05, 0.1) is 22.2 Å². The first-order chi connectivity index (χ1) is 19.3. The minimum atomic E-state index is 0.524. The second kappa shape index (κ2) is 8.53. The van der Waals surface area contributed by atoms with Crippen LogP contribution < -0.4 is 4.74 Å². The Morgan fingerprint density at radius 2 is 1.13 bits per heavy atom. The minimum Gasteiger partial charge on any atom is -0.437 e. The van der Waals surface area contributed by atoms with E-state index in [2.05, 4.69) is 6.07 Å². The van der Waals surface area contributed by atoms with Gasteiger partial charge in [0.25, 0.3) is 0 Å². The van der Waals surface area contributed by atoms with Gasteiger partial charge in [-0.1, -0.05) is 84.9 Å². The standard InChI is InChI=1S/C33H19N5O/c1-3-10-20(11-4-1)30-36-31(21-12-5-2-6-13-21)38-32(37-30)25-16-9-15-24-28-27-23(18-19-34-28)22-14-7-8-17-26(22)35-33(27)39-29(24)25/h1-19H. The van der Waals surface area contributed by atoms with E-state index in [9.17, 15) is 0 Å². The van der Waals surface area contributed by atoms with Crippen LogP contribution in [0.5, 0.6) is 11.6 Å². The van der Waals surface area contributed by atoms with Crippen LogP contribution in [0, 0.1) is 0 Å². The number of rotatable bonds is 3. The molecule has 182 valence electrons. The molecule has 0 N–H and O–H groups in total. The fourth-order valence-electron chi connectivity index (χ4n) is 5.18. The van der Waals surface area contributed by atoms with E-state index in [1.54, 1.807) is 0 Å². The van der Waals surface area contributed by atoms with E-state index in [0.29, 0.717) is 29.1 Å². The van der Waals surface area contributed by atoms with Gasteiger partial charge in [-0.3, -0.25) is 4.98 Å². The van der Waals surface area contributed by atoms with Crippen LogP contribution in [-0.2, 0) is 0 Å². The summed E-state index contributed by atoms with van der Waals surface area (Å²) in [7, 11) is 0. The lowest BCUT2D eigenvalue weighted by atomic mass is 9.97. The Bertz CT molecular complexity index is 1980. The summed E-state index contributed by atoms with van der Waals surface area (Å²) < 4.78 is 6.58. The van der Waals surface area contributed by atoms with Crippen LogP contribution in [0.3, 0.4) is 0 Å². The Morgan fingerprint density at radius 3 is 1.87 bits per heavy atom. The molecule has 0 atom stereocenters. The monoisotopic (exact) mass is 501 g/mol. The van der Waals surface area contributed by atoms with Crippen molar-refractivity contribution in [3.8, 4) is 57.1 Å². The summed E-state index contributed by atoms with van der Waals surface area (Å²) in [5, 5.41) is 3.04. The third-order valence-corrected chi connectivity index (χ3v) is 6.99. The largest absolute Gasteiger partial charge is 0.437 e. The highest BCUT2D eigenvalue weighted by Gasteiger charge is 2.27. The fraction of sp³-hybridized carbons (Fsp3) is 0. The summed E-state index contributed by atoms with van der Waals surface area (Å²) in [5.74, 6) is 2.88. The summed E-state index contributed by atoms with van der Waals surface area (Å²) in [6, 6.07) is 36.0. The summed E-state index contributed by atoms with van der Waals surface area (Å²) in [6.07, 6.45) is 1.85. The van der Waals surface area contributed by atoms with E-state index in [1.807, 2.05) is 109 Å². The molecule has 6 nitrogen and oxygen atoms in total. The first-order valence-corrected chi connectivity index (χ1v) is 12.7. The van der Waals surface area contributed by atoms with Gasteiger partial charge in [0, 0.05) is 33.7 Å². The van der Waals surface area contributed by atoms with Gasteiger partial charge in [0.2, 0.25) is 5.88 Å². The van der Waals surface area contributed by atoms with Crippen molar-refractivity contribution >= 4 is 21.7 Å². The Hall–Kier alpha value is -5.49. The van der Waals surface area contributed by atoms with Crippen LogP contribution in [-0.4, -0.2) is 24.9 Å². The maximum atomic E-state index is 6.58. The number of para-hydroxylation sites is 2. The van der Waals surface area contributed by atoms with Crippen LogP contribution in [0.2, 0.25) is 0 Å². The van der Waals surface area contributed by atoms with E-state index in [-0.39, 0.29) is 0 Å². The lowest BCUT2D eigenvalue weighted by molar-refractivity contribution is 0.470. The molecule has 0 aliphatic carbocycles. The van der Waals surface area contributed by atoms with Crippen molar-refractivity contribution in [1.29, 1.82) is 0 Å². The summed E-state index contributed by atoms with van der Waals surface area (Å²) in [6.45, 7) is 0. The van der Waals surface area contributed by atoms with Crippen LogP contribution in [0.25, 0.3) is 67.1 Å². The first-order valence-electron chi connectivity index (χ1n) is 12.7. The number of pyridine rings is 2. The highest BCUT2D eigenvalue weighted by Crippen LogP contribution is 2.49. The van der Waals surface area contributed by atoms with Crippen LogP contribution in [0.1, 0.15) is 0 Å². The van der Waals surface area contributed by atoms with Crippen LogP contribution in [0.15, 0.2) is 115 Å². The van der Waals surface area contributed by atoms with Gasteiger partial charge in [-0.2, -0.15) is 0 Å². The summed E-state index contributed by atoms with van der Waals surface area (Å²) in [5.41, 5.74) is 5.16. The normalized spacial score (nSPS) is 11.8. The molecule has 6 heteroatoms. The molecule has 8 rings (SSSR count). The summed E-state index contributed by atoms with van der Waals surface area (Å²) >= 11 is 0. The fourth-order valence-corrected chi connectivity index (χ4v) is 5.18. The zero-order valence-corrected chi connectivity index (χ0v) is 20.6. The van der Waals surface area contributed by atoms with E-state index in [1.165, 1.54) is 0 Å². The number of fused-ring (bicyclic) bond motifs is 4. The molecule has 4 aromatic carbocycles. The molecule has 0 unspecified atom stereocenters. The number of aromatic nitrogens is 5. The molecule has 0 saturated heterocycles. The highest BCUT2D eigenvalue weighted by molar-refractivity contribution is 6.13. The molecule has 0 bridgehead atoms. The highest BCUT2D eigenvalue weighted by atomic mass is 16.5. The molecule has 1 aliphatic heterocycles. The Labute approximate surface area is 223 Å². The lowest BCUT2D eigenvalue weighted by Gasteiger charge is -2.22. The van der Waals surface area contributed by atoms with Crippen molar-refractivity contribution in [2.45, 2.75) is 0 Å². The molecule has 0 fully saturated rings. The molecule has 39 heavy (non-hydrogen) atoms. The number of ether oxygens (including phenoxy) is 1. The van der Waals surface area contributed by atoms with Crippen LogP contribution >= 0.6 is 0 Å². The van der Waals surface area contributed by atoms with Gasteiger partial charge in [-0.05, 0) is 24.3 Å². The predicted octanol–water partition coefficient (Wildman–Crippen LogP) is 7.74. The average molecular weight is 502 g/mol. The molecular formula is C33H19N5O. The van der Waals surface area contributed by atoms with Crippen molar-refractivity contribution in [3.63, 3.8) is 0 Å². The molecule has 4 heterocycles. The number of hydrogen-bond donors (Lipinski definition) is 0. The number of hydrogen-bond acceptors (Lipinski definition) is 6. The van der Waals surface area contributed by atoms with Gasteiger partial charge < -0.3 is 4.74 Å². The Morgan fingerprint density at radius 1 is 0.487 bits per heavy atom. The molecule has 1 aliphatic rings. The zero-order chi connectivity index (χ0) is 25.8. The van der Waals surface area contributed by atoms with Crippen molar-refractivity contribution in [3.05, 3.63) is 115 Å². The SMILES string of the molecule is c1ccc(-c2nc(-c3ccccc3)nc(-c3cccc4c3Oc3nc5ccccc5c5ccnc-4c35)n2)cc1. The number of benzene rings is 4. The topological polar surface area (TPSA) is 73.7 Å². The van der Waals surface area contributed by atoms with E-state index in [4.69, 9.17) is 29.7 Å². The molecule has 0 spiro atoms. The third-order valence-electron chi connectivity index (χ3n) is 6.99. The lowest BCUT2D eigenvalue weighted by Crippen LogP contribution is -2.05. The molecule has 0 radical (unpaired) electrons. The van der Waals surface area contributed by atoms with E-state index < -0.39 is 0 Å². The quantitative estimate of drug-likeness (QED) is 0.231. The second-order valence-electron chi connectivity index (χ2n) is 9.34. The first kappa shape index (κ1) is 21.6. The van der Waals surface area contributed by atoms with Crippen LogP contribution in [0.4, 0.5) is 0 Å². The molecule has 0 saturated carbocycles. The number of nitrogens with zero attached hydrogens (tertiary/aromatic N) is 5. The van der Waals surface area contributed by atoms with E-state index in [0.717, 1.165) is 49.6 Å².